The van der Waals surface area contributed by atoms with E-state index in [1.165, 1.54) is 23.9 Å². The summed E-state index contributed by atoms with van der Waals surface area (Å²) >= 11 is 7.64. The SMILES string of the molecule is Cc1ccccc1-n1c(SCc2ccc(F)cc2Cl)nc2c(-c3ccccc3)c[nH]c2c1=O. The third-order valence-electron chi connectivity index (χ3n) is 5.48. The fourth-order valence-corrected chi connectivity index (χ4v) is 5.10. The monoisotopic (exact) mass is 475 g/mol. The predicted octanol–water partition coefficient (Wildman–Crippen LogP) is 6.77. The fourth-order valence-electron chi connectivity index (χ4n) is 3.78. The molecular formula is C26H19ClFN3OS. The van der Waals surface area contributed by atoms with E-state index in [4.69, 9.17) is 16.6 Å². The third kappa shape index (κ3) is 4.08. The van der Waals surface area contributed by atoms with Crippen molar-refractivity contribution in [2.75, 3.05) is 0 Å². The van der Waals surface area contributed by atoms with Crippen LogP contribution in [0.4, 0.5) is 4.39 Å². The predicted molar refractivity (Wildman–Crippen MR) is 133 cm³/mol. The normalized spacial score (nSPS) is 11.2. The summed E-state index contributed by atoms with van der Waals surface area (Å²) in [7, 11) is 0. The van der Waals surface area contributed by atoms with Crippen molar-refractivity contribution >= 4 is 34.4 Å². The average Bonchev–Trinajstić information content (AvgIpc) is 3.24. The minimum Gasteiger partial charge on any atom is -0.355 e. The van der Waals surface area contributed by atoms with Crippen molar-refractivity contribution in [2.24, 2.45) is 0 Å². The van der Waals surface area contributed by atoms with Crippen LogP contribution in [0.2, 0.25) is 5.02 Å². The van der Waals surface area contributed by atoms with Gasteiger partial charge in [0.15, 0.2) is 5.16 Å². The van der Waals surface area contributed by atoms with E-state index in [9.17, 15) is 9.18 Å². The summed E-state index contributed by atoms with van der Waals surface area (Å²) in [5.74, 6) is 0.0542. The molecule has 0 amide bonds. The summed E-state index contributed by atoms with van der Waals surface area (Å²) in [5, 5.41) is 0.888. The average molecular weight is 476 g/mol. The van der Waals surface area contributed by atoms with Gasteiger partial charge in [0.1, 0.15) is 16.9 Å². The van der Waals surface area contributed by atoms with E-state index in [1.54, 1.807) is 10.6 Å². The molecule has 0 saturated carbocycles. The minimum atomic E-state index is -0.384. The number of aromatic nitrogens is 3. The van der Waals surface area contributed by atoms with Crippen LogP contribution in [0.3, 0.4) is 0 Å². The minimum absolute atomic E-state index is 0.177. The smallest absolute Gasteiger partial charge is 0.283 e. The molecule has 0 bridgehead atoms. The van der Waals surface area contributed by atoms with E-state index in [2.05, 4.69) is 4.98 Å². The van der Waals surface area contributed by atoms with Crippen molar-refractivity contribution in [3.63, 3.8) is 0 Å². The number of H-pyrrole nitrogens is 1. The van der Waals surface area contributed by atoms with E-state index in [1.807, 2.05) is 67.7 Å². The molecule has 5 rings (SSSR count). The molecule has 33 heavy (non-hydrogen) atoms. The lowest BCUT2D eigenvalue weighted by molar-refractivity contribution is 0.627. The molecule has 7 heteroatoms. The maximum absolute atomic E-state index is 13.7. The zero-order valence-electron chi connectivity index (χ0n) is 17.7. The summed E-state index contributed by atoms with van der Waals surface area (Å²) in [6.07, 6.45) is 1.82. The molecular weight excluding hydrogens is 457 g/mol. The topological polar surface area (TPSA) is 50.7 Å². The zero-order chi connectivity index (χ0) is 22.9. The Balaban J connectivity index is 1.69. The maximum Gasteiger partial charge on any atom is 0.283 e. The van der Waals surface area contributed by atoms with Gasteiger partial charge in [0.25, 0.3) is 5.56 Å². The van der Waals surface area contributed by atoms with Gasteiger partial charge in [-0.05, 0) is 41.8 Å². The molecule has 0 radical (unpaired) electrons. The molecule has 1 N–H and O–H groups in total. The highest BCUT2D eigenvalue weighted by molar-refractivity contribution is 7.98. The second-order valence-electron chi connectivity index (χ2n) is 7.64. The molecule has 4 nitrogen and oxygen atoms in total. The first-order valence-corrected chi connectivity index (χ1v) is 11.7. The molecule has 3 aromatic carbocycles. The largest absolute Gasteiger partial charge is 0.355 e. The number of aromatic amines is 1. The molecule has 2 heterocycles. The number of nitrogens with one attached hydrogen (secondary N) is 1. The number of nitrogens with zero attached hydrogens (tertiary/aromatic N) is 2. The first kappa shape index (κ1) is 21.5. The van der Waals surface area contributed by atoms with Gasteiger partial charge in [-0.2, -0.15) is 0 Å². The Hall–Kier alpha value is -3.35. The lowest BCUT2D eigenvalue weighted by Crippen LogP contribution is -2.22. The van der Waals surface area contributed by atoms with Gasteiger partial charge in [-0.25, -0.2) is 9.37 Å². The van der Waals surface area contributed by atoms with Crippen molar-refractivity contribution in [3.8, 4) is 16.8 Å². The first-order chi connectivity index (χ1) is 16.0. The highest BCUT2D eigenvalue weighted by Gasteiger charge is 2.19. The van der Waals surface area contributed by atoms with Crippen LogP contribution >= 0.6 is 23.4 Å². The van der Waals surface area contributed by atoms with E-state index < -0.39 is 0 Å². The quantitative estimate of drug-likeness (QED) is 0.225. The summed E-state index contributed by atoms with van der Waals surface area (Å²) in [6, 6.07) is 21.9. The Kier molecular flexibility index (Phi) is 5.79. The molecule has 0 aliphatic heterocycles. The maximum atomic E-state index is 13.7. The summed E-state index contributed by atoms with van der Waals surface area (Å²) in [4.78, 5) is 21.7. The highest BCUT2D eigenvalue weighted by atomic mass is 35.5. The van der Waals surface area contributed by atoms with Gasteiger partial charge in [-0.15, -0.1) is 0 Å². The van der Waals surface area contributed by atoms with E-state index in [-0.39, 0.29) is 11.4 Å². The molecule has 0 saturated heterocycles. The number of benzene rings is 3. The van der Waals surface area contributed by atoms with Crippen LogP contribution < -0.4 is 5.56 Å². The molecule has 0 fully saturated rings. The van der Waals surface area contributed by atoms with Gasteiger partial charge < -0.3 is 4.98 Å². The second kappa shape index (κ2) is 8.89. The van der Waals surface area contributed by atoms with Crippen molar-refractivity contribution in [1.29, 1.82) is 0 Å². The number of hydrogen-bond donors (Lipinski definition) is 1. The fraction of sp³-hybridized carbons (Fsp3) is 0.0769. The van der Waals surface area contributed by atoms with Crippen LogP contribution in [0.5, 0.6) is 0 Å². The molecule has 5 aromatic rings. The Morgan fingerprint density at radius 2 is 1.82 bits per heavy atom. The molecule has 2 aromatic heterocycles. The van der Waals surface area contributed by atoms with Gasteiger partial charge in [0.05, 0.1) is 5.69 Å². The van der Waals surface area contributed by atoms with Crippen LogP contribution in [-0.2, 0) is 5.75 Å². The molecule has 164 valence electrons. The Morgan fingerprint density at radius 3 is 2.58 bits per heavy atom. The first-order valence-electron chi connectivity index (χ1n) is 10.3. The molecule has 0 spiro atoms. The number of thioether (sulfide) groups is 1. The van der Waals surface area contributed by atoms with Crippen LogP contribution in [-0.4, -0.2) is 14.5 Å². The number of fused-ring (bicyclic) bond motifs is 1. The van der Waals surface area contributed by atoms with E-state index >= 15 is 0 Å². The van der Waals surface area contributed by atoms with E-state index in [0.29, 0.717) is 27.0 Å². The molecule has 0 atom stereocenters. The Bertz CT molecular complexity index is 1530. The van der Waals surface area contributed by atoms with Crippen LogP contribution in [0.25, 0.3) is 27.8 Å². The standard InChI is InChI=1S/C26H19ClFN3OS/c1-16-7-5-6-10-22(16)31-25(32)24-23(20(14-29-24)17-8-3-2-4-9-17)30-26(31)33-15-18-11-12-19(28)13-21(18)27/h2-14,29H,15H2,1H3. The number of para-hydroxylation sites is 1. The summed E-state index contributed by atoms with van der Waals surface area (Å²) in [6.45, 7) is 1.96. The number of hydrogen-bond acceptors (Lipinski definition) is 3. The second-order valence-corrected chi connectivity index (χ2v) is 8.99. The highest BCUT2D eigenvalue weighted by Crippen LogP contribution is 2.31. The summed E-state index contributed by atoms with van der Waals surface area (Å²) < 4.78 is 15.1. The van der Waals surface area contributed by atoms with Crippen molar-refractivity contribution < 1.29 is 4.39 Å². The van der Waals surface area contributed by atoms with Crippen LogP contribution in [0.1, 0.15) is 11.1 Å². The van der Waals surface area contributed by atoms with Crippen molar-refractivity contribution in [2.45, 2.75) is 17.8 Å². The Labute approximate surface area is 199 Å². The number of aryl methyl sites for hydroxylation is 1. The lowest BCUT2D eigenvalue weighted by atomic mass is 10.1. The zero-order valence-corrected chi connectivity index (χ0v) is 19.3. The van der Waals surface area contributed by atoms with Gasteiger partial charge >= 0.3 is 0 Å². The number of rotatable bonds is 5. The Morgan fingerprint density at radius 1 is 1.06 bits per heavy atom. The molecule has 0 aliphatic carbocycles. The van der Waals surface area contributed by atoms with Crippen LogP contribution in [0, 0.1) is 12.7 Å². The van der Waals surface area contributed by atoms with Gasteiger partial charge in [-0.1, -0.05) is 78.0 Å². The lowest BCUT2D eigenvalue weighted by Gasteiger charge is -2.15. The van der Waals surface area contributed by atoms with Crippen molar-refractivity contribution in [1.82, 2.24) is 14.5 Å². The van der Waals surface area contributed by atoms with Crippen molar-refractivity contribution in [3.05, 3.63) is 111 Å². The summed E-state index contributed by atoms with van der Waals surface area (Å²) in [5.41, 5.74) is 5.21. The van der Waals surface area contributed by atoms with Gasteiger partial charge in [0, 0.05) is 22.5 Å². The van der Waals surface area contributed by atoms with E-state index in [0.717, 1.165) is 27.9 Å². The molecule has 0 unspecified atom stereocenters. The van der Waals surface area contributed by atoms with Crippen LogP contribution in [0.15, 0.2) is 88.9 Å². The van der Waals surface area contributed by atoms with Gasteiger partial charge in [0.2, 0.25) is 0 Å². The number of halogens is 2. The third-order valence-corrected chi connectivity index (χ3v) is 6.82. The van der Waals surface area contributed by atoms with Gasteiger partial charge in [-0.3, -0.25) is 9.36 Å². The molecule has 0 aliphatic rings.